The molecule has 0 radical (unpaired) electrons. The number of rotatable bonds is 5. The number of aromatic nitrogens is 1. The van der Waals surface area contributed by atoms with Crippen molar-refractivity contribution in [2.45, 2.75) is 32.4 Å². The van der Waals surface area contributed by atoms with Crippen molar-refractivity contribution in [1.82, 2.24) is 9.47 Å². The van der Waals surface area contributed by atoms with Gasteiger partial charge < -0.3 is 25.0 Å². The summed E-state index contributed by atoms with van der Waals surface area (Å²) in [5.74, 6) is -0.148. The van der Waals surface area contributed by atoms with Crippen molar-refractivity contribution in [2.24, 2.45) is 5.73 Å². The fraction of sp³-hybridized carbons (Fsp3) is 0.500. The van der Waals surface area contributed by atoms with Gasteiger partial charge in [0, 0.05) is 30.6 Å². The number of nitrogens with two attached hydrogens (primary N) is 1. The van der Waals surface area contributed by atoms with Gasteiger partial charge in [0.25, 0.3) is 0 Å². The number of fused-ring (bicyclic) bond motifs is 1. The monoisotopic (exact) mass is 331 g/mol. The van der Waals surface area contributed by atoms with Gasteiger partial charge in [-0.05, 0) is 50.6 Å². The van der Waals surface area contributed by atoms with Crippen molar-refractivity contribution >= 4 is 16.9 Å². The van der Waals surface area contributed by atoms with E-state index >= 15 is 0 Å². The minimum Gasteiger partial charge on any atom is -0.497 e. The van der Waals surface area contributed by atoms with E-state index in [-0.39, 0.29) is 0 Å². The SMILES string of the molecule is COc1ccc2c(C)c(C(=O)O)n(CCN3CCC(N)CC3)c2c1. The summed E-state index contributed by atoms with van der Waals surface area (Å²) in [4.78, 5) is 14.1. The van der Waals surface area contributed by atoms with Crippen LogP contribution in [0.15, 0.2) is 18.2 Å². The molecule has 1 aromatic heterocycles. The first kappa shape index (κ1) is 16.8. The van der Waals surface area contributed by atoms with Gasteiger partial charge in [0.2, 0.25) is 0 Å². The predicted molar refractivity (Wildman–Crippen MR) is 93.8 cm³/mol. The van der Waals surface area contributed by atoms with Gasteiger partial charge in [0.05, 0.1) is 12.6 Å². The Kier molecular flexibility index (Phi) is 4.78. The van der Waals surface area contributed by atoms with Gasteiger partial charge in [-0.3, -0.25) is 0 Å². The molecular formula is C18H25N3O3. The molecule has 1 aromatic carbocycles. The van der Waals surface area contributed by atoms with E-state index in [1.807, 2.05) is 29.7 Å². The minimum atomic E-state index is -0.886. The number of likely N-dealkylation sites (tertiary alicyclic amines) is 1. The lowest BCUT2D eigenvalue weighted by Gasteiger charge is -2.30. The van der Waals surface area contributed by atoms with E-state index in [2.05, 4.69) is 4.90 Å². The Hall–Kier alpha value is -2.05. The number of carbonyl (C=O) groups is 1. The van der Waals surface area contributed by atoms with Crippen LogP contribution in [0, 0.1) is 6.92 Å². The highest BCUT2D eigenvalue weighted by molar-refractivity contribution is 5.98. The Labute approximate surface area is 141 Å². The number of hydrogen-bond donors (Lipinski definition) is 2. The van der Waals surface area contributed by atoms with Crippen LogP contribution in [0.1, 0.15) is 28.9 Å². The summed E-state index contributed by atoms with van der Waals surface area (Å²) in [5.41, 5.74) is 8.04. The molecule has 0 bridgehead atoms. The second-order valence-corrected chi connectivity index (χ2v) is 6.49. The maximum atomic E-state index is 11.8. The highest BCUT2D eigenvalue weighted by Gasteiger charge is 2.21. The molecule has 2 heterocycles. The topological polar surface area (TPSA) is 80.7 Å². The number of aryl methyl sites for hydroxylation is 1. The average Bonchev–Trinajstić information content (AvgIpc) is 2.86. The number of ether oxygens (including phenoxy) is 1. The summed E-state index contributed by atoms with van der Waals surface area (Å²) in [6.45, 7) is 5.30. The molecule has 0 spiro atoms. The lowest BCUT2D eigenvalue weighted by Crippen LogP contribution is -2.41. The van der Waals surface area contributed by atoms with Crippen molar-refractivity contribution in [2.75, 3.05) is 26.7 Å². The van der Waals surface area contributed by atoms with Crippen LogP contribution in [0.3, 0.4) is 0 Å². The molecule has 1 saturated heterocycles. The summed E-state index contributed by atoms with van der Waals surface area (Å²) >= 11 is 0. The third-order valence-electron chi connectivity index (χ3n) is 5.00. The number of nitrogens with zero attached hydrogens (tertiary/aromatic N) is 2. The molecule has 6 nitrogen and oxygen atoms in total. The molecule has 3 N–H and O–H groups in total. The lowest BCUT2D eigenvalue weighted by molar-refractivity contribution is 0.0683. The third-order valence-corrected chi connectivity index (χ3v) is 5.00. The first-order chi connectivity index (χ1) is 11.5. The maximum Gasteiger partial charge on any atom is 0.352 e. The van der Waals surface area contributed by atoms with Crippen LogP contribution in [-0.2, 0) is 6.54 Å². The van der Waals surface area contributed by atoms with Crippen LogP contribution < -0.4 is 10.5 Å². The predicted octanol–water partition coefficient (Wildman–Crippen LogP) is 2.08. The Balaban J connectivity index is 1.92. The Morgan fingerprint density at radius 1 is 1.33 bits per heavy atom. The number of piperidine rings is 1. The van der Waals surface area contributed by atoms with E-state index in [4.69, 9.17) is 10.5 Å². The van der Waals surface area contributed by atoms with E-state index < -0.39 is 5.97 Å². The van der Waals surface area contributed by atoms with Gasteiger partial charge in [0.15, 0.2) is 0 Å². The summed E-state index contributed by atoms with van der Waals surface area (Å²) in [7, 11) is 1.62. The van der Waals surface area contributed by atoms with Crippen LogP contribution in [-0.4, -0.2) is 53.3 Å². The normalized spacial score (nSPS) is 16.6. The van der Waals surface area contributed by atoms with Crippen LogP contribution in [0.2, 0.25) is 0 Å². The molecule has 3 rings (SSSR count). The molecule has 1 aliphatic heterocycles. The van der Waals surface area contributed by atoms with Crippen molar-refractivity contribution < 1.29 is 14.6 Å². The number of carboxylic acid groups (broad SMARTS) is 1. The lowest BCUT2D eigenvalue weighted by atomic mass is 10.1. The largest absolute Gasteiger partial charge is 0.497 e. The molecule has 0 atom stereocenters. The Morgan fingerprint density at radius 2 is 2.04 bits per heavy atom. The van der Waals surface area contributed by atoms with Crippen LogP contribution in [0.5, 0.6) is 5.75 Å². The zero-order chi connectivity index (χ0) is 17.3. The van der Waals surface area contributed by atoms with Gasteiger partial charge in [-0.15, -0.1) is 0 Å². The maximum absolute atomic E-state index is 11.8. The number of methoxy groups -OCH3 is 1. The highest BCUT2D eigenvalue weighted by atomic mass is 16.5. The van der Waals surface area contributed by atoms with Crippen LogP contribution in [0.4, 0.5) is 0 Å². The van der Waals surface area contributed by atoms with Crippen molar-refractivity contribution in [3.05, 3.63) is 29.5 Å². The van der Waals surface area contributed by atoms with E-state index in [1.54, 1.807) is 7.11 Å². The summed E-state index contributed by atoms with van der Waals surface area (Å²) in [5, 5.41) is 10.6. The molecule has 1 fully saturated rings. The van der Waals surface area contributed by atoms with Gasteiger partial charge in [-0.2, -0.15) is 0 Å². The Bertz CT molecular complexity index is 746. The molecule has 0 aliphatic carbocycles. The first-order valence-electron chi connectivity index (χ1n) is 8.39. The Morgan fingerprint density at radius 3 is 2.67 bits per heavy atom. The third kappa shape index (κ3) is 3.12. The zero-order valence-electron chi connectivity index (χ0n) is 14.3. The van der Waals surface area contributed by atoms with Gasteiger partial charge in [-0.25, -0.2) is 4.79 Å². The van der Waals surface area contributed by atoms with Crippen molar-refractivity contribution in [3.8, 4) is 5.75 Å². The van der Waals surface area contributed by atoms with Crippen LogP contribution in [0.25, 0.3) is 10.9 Å². The quantitative estimate of drug-likeness (QED) is 0.877. The molecule has 2 aromatic rings. The van der Waals surface area contributed by atoms with Gasteiger partial charge in [-0.1, -0.05) is 0 Å². The van der Waals surface area contributed by atoms with E-state index in [0.717, 1.165) is 54.7 Å². The summed E-state index contributed by atoms with van der Waals surface area (Å²) < 4.78 is 7.21. The molecule has 6 heteroatoms. The average molecular weight is 331 g/mol. The molecule has 24 heavy (non-hydrogen) atoms. The molecule has 0 saturated carbocycles. The standard InChI is InChI=1S/C18H25N3O3/c1-12-15-4-3-14(24-2)11-16(15)21(17(12)18(22)23)10-9-20-7-5-13(19)6-8-20/h3-4,11,13H,5-10,19H2,1-2H3,(H,22,23). The van der Waals surface area contributed by atoms with Crippen LogP contribution >= 0.6 is 0 Å². The zero-order valence-corrected chi connectivity index (χ0v) is 14.3. The second kappa shape index (κ2) is 6.83. The van der Waals surface area contributed by atoms with Crippen molar-refractivity contribution in [3.63, 3.8) is 0 Å². The number of benzene rings is 1. The van der Waals surface area contributed by atoms with Crippen molar-refractivity contribution in [1.29, 1.82) is 0 Å². The van der Waals surface area contributed by atoms with Gasteiger partial charge >= 0.3 is 5.97 Å². The first-order valence-corrected chi connectivity index (χ1v) is 8.39. The molecular weight excluding hydrogens is 306 g/mol. The highest BCUT2D eigenvalue weighted by Crippen LogP contribution is 2.29. The smallest absolute Gasteiger partial charge is 0.352 e. The summed E-state index contributed by atoms with van der Waals surface area (Å²) in [6, 6.07) is 6.03. The molecule has 1 aliphatic rings. The van der Waals surface area contributed by atoms with E-state index in [9.17, 15) is 9.90 Å². The van der Waals surface area contributed by atoms with E-state index in [0.29, 0.717) is 18.3 Å². The number of carboxylic acids is 1. The number of hydrogen-bond acceptors (Lipinski definition) is 4. The fourth-order valence-corrected chi connectivity index (χ4v) is 3.56. The molecule has 0 amide bonds. The van der Waals surface area contributed by atoms with Gasteiger partial charge in [0.1, 0.15) is 11.4 Å². The van der Waals surface area contributed by atoms with E-state index in [1.165, 1.54) is 0 Å². The minimum absolute atomic E-state index is 0.301. The molecule has 0 unspecified atom stereocenters. The second-order valence-electron chi connectivity index (χ2n) is 6.49. The number of aromatic carboxylic acids is 1. The summed E-state index contributed by atoms with van der Waals surface area (Å²) in [6.07, 6.45) is 2.01. The molecule has 130 valence electrons. The fourth-order valence-electron chi connectivity index (χ4n) is 3.56.